The number of unbranched alkanes of at least 4 members (excludes halogenated alkanes) is 29. The predicted molar refractivity (Wildman–Crippen MR) is 247 cm³/mol. The van der Waals surface area contributed by atoms with Crippen molar-refractivity contribution in [3.8, 4) is 0 Å². The Morgan fingerprint density at radius 1 is 0.557 bits per heavy atom. The molecule has 0 saturated carbocycles. The average molecular weight is 872 g/mol. The Balaban J connectivity index is 2.38. The first kappa shape index (κ1) is 57.9. The van der Waals surface area contributed by atoms with E-state index in [1.54, 1.807) is 0 Å². The Bertz CT molecular complexity index is 1000. The zero-order chi connectivity index (χ0) is 44.8. The van der Waals surface area contributed by atoms with Crippen molar-refractivity contribution in [1.82, 2.24) is 5.32 Å². The van der Waals surface area contributed by atoms with Gasteiger partial charge in [-0.3, -0.25) is 4.79 Å². The second-order valence-corrected chi connectivity index (χ2v) is 18.2. The normalized spacial score (nSPS) is 21.5. The summed E-state index contributed by atoms with van der Waals surface area (Å²) >= 11 is 0. The van der Waals surface area contributed by atoms with Crippen LogP contribution in [0.1, 0.15) is 232 Å². The zero-order valence-corrected chi connectivity index (χ0v) is 39.2. The summed E-state index contributed by atoms with van der Waals surface area (Å²) in [4.78, 5) is 13.1. The lowest BCUT2D eigenvalue weighted by atomic mass is 9.98. The molecule has 0 aromatic heterocycles. The van der Waals surface area contributed by atoms with Crippen LogP contribution in [0, 0.1) is 0 Å². The number of amides is 1. The second kappa shape index (κ2) is 40.4. The van der Waals surface area contributed by atoms with E-state index in [1.807, 2.05) is 0 Å². The SMILES string of the molecule is CCCCCCCCCCCCCCCCCCC/C=C/CCCC(O)C(O)C(COC1OC(CO)C(O)C(O)C1O)NC(=O)C(O)CCCCCCCCCCCCCC. The van der Waals surface area contributed by atoms with Crippen molar-refractivity contribution in [3.63, 3.8) is 0 Å². The Morgan fingerprint density at radius 2 is 0.967 bits per heavy atom. The van der Waals surface area contributed by atoms with E-state index in [0.717, 1.165) is 38.5 Å². The number of allylic oxidation sites excluding steroid dienone is 2. The summed E-state index contributed by atoms with van der Waals surface area (Å²) in [5.41, 5.74) is 0. The molecule has 1 amide bonds. The van der Waals surface area contributed by atoms with Gasteiger partial charge in [0.25, 0.3) is 0 Å². The number of hydrogen-bond donors (Lipinski definition) is 8. The molecule has 11 heteroatoms. The van der Waals surface area contributed by atoms with Gasteiger partial charge in [0, 0.05) is 0 Å². The lowest BCUT2D eigenvalue weighted by Gasteiger charge is -2.40. The van der Waals surface area contributed by atoms with Gasteiger partial charge in [-0.2, -0.15) is 0 Å². The Morgan fingerprint density at radius 3 is 1.41 bits per heavy atom. The molecular weight excluding hydrogens is 775 g/mol. The maximum atomic E-state index is 13.1. The van der Waals surface area contributed by atoms with Crippen molar-refractivity contribution in [3.05, 3.63) is 12.2 Å². The third-order valence-corrected chi connectivity index (χ3v) is 12.6. The van der Waals surface area contributed by atoms with Crippen molar-refractivity contribution >= 4 is 5.91 Å². The van der Waals surface area contributed by atoms with Crippen LogP contribution in [0.2, 0.25) is 0 Å². The minimum atomic E-state index is -1.66. The van der Waals surface area contributed by atoms with Gasteiger partial charge in [0.2, 0.25) is 5.91 Å². The lowest BCUT2D eigenvalue weighted by molar-refractivity contribution is -0.303. The van der Waals surface area contributed by atoms with Crippen LogP contribution in [0.15, 0.2) is 12.2 Å². The molecule has 8 N–H and O–H groups in total. The Hall–Kier alpha value is -1.15. The zero-order valence-electron chi connectivity index (χ0n) is 39.2. The van der Waals surface area contributed by atoms with Gasteiger partial charge in [-0.25, -0.2) is 0 Å². The standard InChI is InChI=1S/C50H97NO10/c1-3-5-7-9-11-13-15-17-18-19-20-21-22-23-24-25-26-28-29-31-33-35-37-42(53)45(55)41(40-60-50-48(58)47(57)46(56)44(39-52)61-50)51-49(59)43(54)38-36-34-32-30-27-16-14-12-10-8-6-4-2/h29,31,41-48,50,52-58H,3-28,30,32-40H2,1-2H3,(H,51,59)/b31-29+. The molecule has 1 rings (SSSR count). The molecule has 9 atom stereocenters. The number of carbonyl (C=O) groups excluding carboxylic acids is 1. The summed E-state index contributed by atoms with van der Waals surface area (Å²) in [6.07, 6.45) is 32.7. The average Bonchev–Trinajstić information content (AvgIpc) is 3.26. The number of rotatable bonds is 43. The van der Waals surface area contributed by atoms with Crippen LogP contribution in [0.25, 0.3) is 0 Å². The lowest BCUT2D eigenvalue weighted by Crippen LogP contribution is -2.60. The van der Waals surface area contributed by atoms with Crippen molar-refractivity contribution in [1.29, 1.82) is 0 Å². The van der Waals surface area contributed by atoms with Crippen LogP contribution in [-0.4, -0.2) is 110 Å². The number of aliphatic hydroxyl groups excluding tert-OH is 7. The number of nitrogens with one attached hydrogen (secondary N) is 1. The third-order valence-electron chi connectivity index (χ3n) is 12.6. The second-order valence-electron chi connectivity index (χ2n) is 18.2. The van der Waals surface area contributed by atoms with E-state index in [2.05, 4.69) is 31.3 Å². The number of aliphatic hydroxyl groups is 7. The summed E-state index contributed by atoms with van der Waals surface area (Å²) in [5, 5.41) is 75.7. The summed E-state index contributed by atoms with van der Waals surface area (Å²) < 4.78 is 11.1. The van der Waals surface area contributed by atoms with Crippen molar-refractivity contribution in [2.75, 3.05) is 13.2 Å². The molecule has 0 radical (unpaired) electrons. The first-order chi connectivity index (χ1) is 29.7. The fraction of sp³-hybridized carbons (Fsp3) is 0.940. The largest absolute Gasteiger partial charge is 0.394 e. The van der Waals surface area contributed by atoms with E-state index in [1.165, 1.54) is 154 Å². The highest BCUT2D eigenvalue weighted by Crippen LogP contribution is 2.23. The molecule has 61 heavy (non-hydrogen) atoms. The van der Waals surface area contributed by atoms with E-state index in [9.17, 15) is 40.5 Å². The quantitative estimate of drug-likeness (QED) is 0.0217. The molecule has 0 bridgehead atoms. The van der Waals surface area contributed by atoms with Crippen LogP contribution in [0.4, 0.5) is 0 Å². The first-order valence-electron chi connectivity index (χ1n) is 25.6. The summed E-state index contributed by atoms with van der Waals surface area (Å²) in [7, 11) is 0. The van der Waals surface area contributed by atoms with Crippen LogP contribution in [-0.2, 0) is 14.3 Å². The van der Waals surface area contributed by atoms with Crippen LogP contribution in [0.5, 0.6) is 0 Å². The van der Waals surface area contributed by atoms with Gasteiger partial charge in [-0.15, -0.1) is 0 Å². The van der Waals surface area contributed by atoms with E-state index < -0.39 is 74.2 Å². The fourth-order valence-electron chi connectivity index (χ4n) is 8.32. The number of hydrogen-bond acceptors (Lipinski definition) is 10. The minimum absolute atomic E-state index is 0.258. The Labute approximate surface area is 372 Å². The topological polar surface area (TPSA) is 189 Å². The molecular formula is C50H97NO10. The van der Waals surface area contributed by atoms with Crippen LogP contribution in [0.3, 0.4) is 0 Å². The summed E-state index contributed by atoms with van der Waals surface area (Å²) in [6.45, 7) is 3.44. The van der Waals surface area contributed by atoms with E-state index in [-0.39, 0.29) is 12.8 Å². The predicted octanol–water partition coefficient (Wildman–Crippen LogP) is 9.23. The number of carbonyl (C=O) groups is 1. The first-order valence-corrected chi connectivity index (χ1v) is 25.6. The maximum absolute atomic E-state index is 13.1. The molecule has 0 aromatic rings. The van der Waals surface area contributed by atoms with Crippen molar-refractivity contribution in [2.24, 2.45) is 0 Å². The summed E-state index contributed by atoms with van der Waals surface area (Å²) in [5.74, 6) is -0.705. The van der Waals surface area contributed by atoms with Gasteiger partial charge in [-0.1, -0.05) is 206 Å². The molecule has 9 unspecified atom stereocenters. The Kier molecular flexibility index (Phi) is 38.3. The highest BCUT2D eigenvalue weighted by atomic mass is 16.7. The van der Waals surface area contributed by atoms with Gasteiger partial charge in [0.15, 0.2) is 6.29 Å². The molecule has 362 valence electrons. The highest BCUT2D eigenvalue weighted by molar-refractivity contribution is 5.80. The van der Waals surface area contributed by atoms with E-state index in [0.29, 0.717) is 12.8 Å². The van der Waals surface area contributed by atoms with Crippen molar-refractivity contribution < 1.29 is 50.0 Å². The van der Waals surface area contributed by atoms with Crippen molar-refractivity contribution in [2.45, 2.75) is 287 Å². The van der Waals surface area contributed by atoms with Gasteiger partial charge < -0.3 is 50.5 Å². The maximum Gasteiger partial charge on any atom is 0.249 e. The monoisotopic (exact) mass is 872 g/mol. The van der Waals surface area contributed by atoms with Crippen LogP contribution >= 0.6 is 0 Å². The minimum Gasteiger partial charge on any atom is -0.394 e. The van der Waals surface area contributed by atoms with Crippen LogP contribution < -0.4 is 5.32 Å². The van der Waals surface area contributed by atoms with Gasteiger partial charge in [0.1, 0.15) is 36.6 Å². The third kappa shape index (κ3) is 29.8. The molecule has 0 aromatic carbocycles. The van der Waals surface area contributed by atoms with E-state index in [4.69, 9.17) is 9.47 Å². The summed E-state index contributed by atoms with van der Waals surface area (Å²) in [6, 6.07) is -1.18. The molecule has 1 aliphatic rings. The number of ether oxygens (including phenoxy) is 2. The molecule has 1 fully saturated rings. The molecule has 0 aliphatic carbocycles. The molecule has 11 nitrogen and oxygen atoms in total. The molecule has 1 heterocycles. The van der Waals surface area contributed by atoms with E-state index >= 15 is 0 Å². The molecule has 1 aliphatic heterocycles. The highest BCUT2D eigenvalue weighted by Gasteiger charge is 2.44. The molecule has 1 saturated heterocycles. The molecule has 0 spiro atoms. The van der Waals surface area contributed by atoms with Gasteiger partial charge in [0.05, 0.1) is 25.4 Å². The smallest absolute Gasteiger partial charge is 0.249 e. The van der Waals surface area contributed by atoms with Gasteiger partial charge >= 0.3 is 0 Å². The fourth-order valence-corrected chi connectivity index (χ4v) is 8.32. The van der Waals surface area contributed by atoms with Gasteiger partial charge in [-0.05, 0) is 38.5 Å².